The van der Waals surface area contributed by atoms with E-state index >= 15 is 0 Å². The summed E-state index contributed by atoms with van der Waals surface area (Å²) in [5.74, 6) is -0.0494. The zero-order valence-electron chi connectivity index (χ0n) is 14.7. The molecule has 0 heterocycles. The SMILES string of the molecule is CCCC1CCC(C2CCC(c3cc(F)c(F)cc3F)CC2)CC1. The second kappa shape index (κ2) is 7.93. The lowest BCUT2D eigenvalue weighted by Gasteiger charge is -2.38. The van der Waals surface area contributed by atoms with Gasteiger partial charge in [0.25, 0.3) is 0 Å². The van der Waals surface area contributed by atoms with Crippen molar-refractivity contribution in [1.82, 2.24) is 0 Å². The van der Waals surface area contributed by atoms with E-state index in [1.807, 2.05) is 0 Å². The molecule has 2 saturated carbocycles. The first-order valence-corrected chi connectivity index (χ1v) is 9.72. The highest BCUT2D eigenvalue weighted by Gasteiger charge is 2.32. The molecule has 0 aromatic heterocycles. The summed E-state index contributed by atoms with van der Waals surface area (Å²) in [4.78, 5) is 0. The van der Waals surface area contributed by atoms with Gasteiger partial charge in [-0.15, -0.1) is 0 Å². The van der Waals surface area contributed by atoms with Crippen molar-refractivity contribution < 1.29 is 13.2 Å². The molecule has 0 unspecified atom stereocenters. The lowest BCUT2D eigenvalue weighted by molar-refractivity contribution is 0.156. The largest absolute Gasteiger partial charge is 0.207 e. The van der Waals surface area contributed by atoms with E-state index < -0.39 is 17.5 Å². The van der Waals surface area contributed by atoms with Gasteiger partial charge in [-0.1, -0.05) is 32.6 Å². The lowest BCUT2D eigenvalue weighted by Crippen LogP contribution is -2.25. The van der Waals surface area contributed by atoms with E-state index in [4.69, 9.17) is 0 Å². The van der Waals surface area contributed by atoms with E-state index in [1.165, 1.54) is 38.5 Å². The summed E-state index contributed by atoms with van der Waals surface area (Å²) in [5.41, 5.74) is 0.374. The molecule has 0 amide bonds. The van der Waals surface area contributed by atoms with Crippen LogP contribution in [0.5, 0.6) is 0 Å². The van der Waals surface area contributed by atoms with Crippen molar-refractivity contribution in [3.8, 4) is 0 Å². The zero-order chi connectivity index (χ0) is 17.1. The molecule has 2 aliphatic rings. The monoisotopic (exact) mass is 338 g/mol. The van der Waals surface area contributed by atoms with Crippen LogP contribution in [-0.4, -0.2) is 0 Å². The number of hydrogen-bond acceptors (Lipinski definition) is 0. The molecular weight excluding hydrogens is 309 g/mol. The van der Waals surface area contributed by atoms with Crippen LogP contribution in [0.2, 0.25) is 0 Å². The topological polar surface area (TPSA) is 0 Å². The Morgan fingerprint density at radius 1 is 0.750 bits per heavy atom. The minimum atomic E-state index is -1.09. The predicted molar refractivity (Wildman–Crippen MR) is 91.4 cm³/mol. The van der Waals surface area contributed by atoms with Gasteiger partial charge in [-0.2, -0.15) is 0 Å². The fourth-order valence-electron chi connectivity index (χ4n) is 5.11. The number of halogens is 3. The van der Waals surface area contributed by atoms with Crippen molar-refractivity contribution in [3.05, 3.63) is 35.1 Å². The average molecular weight is 338 g/mol. The molecule has 134 valence electrons. The summed E-state index contributed by atoms with van der Waals surface area (Å²) >= 11 is 0. The number of hydrogen-bond donors (Lipinski definition) is 0. The molecule has 0 bridgehead atoms. The van der Waals surface area contributed by atoms with Crippen molar-refractivity contribution in [2.75, 3.05) is 0 Å². The molecule has 0 spiro atoms. The third-order valence-corrected chi connectivity index (χ3v) is 6.51. The van der Waals surface area contributed by atoms with Gasteiger partial charge in [0.05, 0.1) is 0 Å². The van der Waals surface area contributed by atoms with Crippen LogP contribution in [0.15, 0.2) is 12.1 Å². The summed E-state index contributed by atoms with van der Waals surface area (Å²) in [6, 6.07) is 1.78. The molecule has 3 heteroatoms. The van der Waals surface area contributed by atoms with E-state index in [-0.39, 0.29) is 5.92 Å². The maximum atomic E-state index is 14.0. The molecule has 3 rings (SSSR count). The first-order valence-electron chi connectivity index (χ1n) is 9.72. The highest BCUT2D eigenvalue weighted by Crippen LogP contribution is 2.44. The molecule has 0 saturated heterocycles. The van der Waals surface area contributed by atoms with Crippen molar-refractivity contribution >= 4 is 0 Å². The predicted octanol–water partition coefficient (Wildman–Crippen LogP) is 6.98. The molecule has 24 heavy (non-hydrogen) atoms. The normalized spacial score (nSPS) is 31.2. The van der Waals surface area contributed by atoms with Gasteiger partial charge < -0.3 is 0 Å². The maximum absolute atomic E-state index is 14.0. The van der Waals surface area contributed by atoms with Crippen LogP contribution < -0.4 is 0 Å². The number of benzene rings is 1. The fraction of sp³-hybridized carbons (Fsp3) is 0.714. The Bertz CT molecular complexity index is 538. The second-order valence-corrected chi connectivity index (χ2v) is 7.97. The highest BCUT2D eigenvalue weighted by molar-refractivity contribution is 5.24. The smallest absolute Gasteiger partial charge is 0.161 e. The van der Waals surface area contributed by atoms with Gasteiger partial charge in [-0.05, 0) is 73.8 Å². The lowest BCUT2D eigenvalue weighted by atomic mass is 9.68. The molecule has 1 aromatic rings. The summed E-state index contributed by atoms with van der Waals surface area (Å²) in [7, 11) is 0. The zero-order valence-corrected chi connectivity index (χ0v) is 14.7. The third-order valence-electron chi connectivity index (χ3n) is 6.51. The van der Waals surface area contributed by atoms with Crippen LogP contribution in [-0.2, 0) is 0 Å². The van der Waals surface area contributed by atoms with E-state index in [0.717, 1.165) is 49.5 Å². The average Bonchev–Trinajstić information content (AvgIpc) is 2.59. The molecule has 0 atom stereocenters. The Kier molecular flexibility index (Phi) is 5.89. The molecule has 0 nitrogen and oxygen atoms in total. The Morgan fingerprint density at radius 3 is 1.88 bits per heavy atom. The maximum Gasteiger partial charge on any atom is 0.161 e. The van der Waals surface area contributed by atoms with E-state index in [2.05, 4.69) is 6.92 Å². The Labute approximate surface area is 143 Å². The molecular formula is C21H29F3. The molecule has 0 radical (unpaired) electrons. The van der Waals surface area contributed by atoms with Gasteiger partial charge in [0.15, 0.2) is 11.6 Å². The summed E-state index contributed by atoms with van der Waals surface area (Å²) in [6.45, 7) is 2.27. The van der Waals surface area contributed by atoms with Crippen LogP contribution >= 0.6 is 0 Å². The Balaban J connectivity index is 1.54. The fourth-order valence-corrected chi connectivity index (χ4v) is 5.11. The van der Waals surface area contributed by atoms with Crippen LogP contribution in [0.4, 0.5) is 13.2 Å². The van der Waals surface area contributed by atoms with Crippen LogP contribution in [0.1, 0.15) is 82.6 Å². The van der Waals surface area contributed by atoms with Crippen LogP contribution in [0, 0.1) is 35.2 Å². The van der Waals surface area contributed by atoms with Gasteiger partial charge in [0.1, 0.15) is 5.82 Å². The van der Waals surface area contributed by atoms with E-state index in [9.17, 15) is 13.2 Å². The van der Waals surface area contributed by atoms with Crippen molar-refractivity contribution in [3.63, 3.8) is 0 Å². The summed E-state index contributed by atoms with van der Waals surface area (Å²) < 4.78 is 40.5. The van der Waals surface area contributed by atoms with Gasteiger partial charge in [-0.25, -0.2) is 13.2 Å². The Hall–Kier alpha value is -0.990. The standard InChI is InChI=1S/C21H29F3/c1-2-3-14-4-6-15(7-5-14)16-8-10-17(11-9-16)18-12-20(23)21(24)13-19(18)22/h12-17H,2-11H2,1H3. The van der Waals surface area contributed by atoms with Crippen molar-refractivity contribution in [2.24, 2.45) is 17.8 Å². The molecule has 0 aliphatic heterocycles. The van der Waals surface area contributed by atoms with Gasteiger partial charge in [-0.3, -0.25) is 0 Å². The van der Waals surface area contributed by atoms with Crippen molar-refractivity contribution in [1.29, 1.82) is 0 Å². The Morgan fingerprint density at radius 2 is 1.29 bits per heavy atom. The summed E-state index contributed by atoms with van der Waals surface area (Å²) in [5, 5.41) is 0. The van der Waals surface area contributed by atoms with E-state index in [1.54, 1.807) is 0 Å². The molecule has 0 N–H and O–H groups in total. The first-order chi connectivity index (χ1) is 11.6. The van der Waals surface area contributed by atoms with E-state index in [0.29, 0.717) is 11.6 Å². The minimum absolute atomic E-state index is 0.0489. The van der Waals surface area contributed by atoms with Gasteiger partial charge >= 0.3 is 0 Å². The molecule has 2 fully saturated rings. The van der Waals surface area contributed by atoms with Crippen LogP contribution in [0.25, 0.3) is 0 Å². The van der Waals surface area contributed by atoms with Gasteiger partial charge in [0, 0.05) is 6.07 Å². The molecule has 2 aliphatic carbocycles. The first kappa shape index (κ1) is 17.8. The van der Waals surface area contributed by atoms with Crippen molar-refractivity contribution in [2.45, 2.75) is 77.0 Å². The highest BCUT2D eigenvalue weighted by atomic mass is 19.2. The number of rotatable bonds is 4. The van der Waals surface area contributed by atoms with Crippen LogP contribution in [0.3, 0.4) is 0 Å². The second-order valence-electron chi connectivity index (χ2n) is 7.97. The quantitative estimate of drug-likeness (QED) is 0.519. The third kappa shape index (κ3) is 3.97. The minimum Gasteiger partial charge on any atom is -0.207 e. The summed E-state index contributed by atoms with van der Waals surface area (Å²) in [6.07, 6.45) is 12.1. The van der Waals surface area contributed by atoms with Gasteiger partial charge in [0.2, 0.25) is 0 Å². The molecule has 1 aromatic carbocycles.